The predicted octanol–water partition coefficient (Wildman–Crippen LogP) is 6.10. The minimum Gasteiger partial charge on any atom is -0.381 e. The van der Waals surface area contributed by atoms with E-state index >= 15 is 4.39 Å². The summed E-state index contributed by atoms with van der Waals surface area (Å²) in [7, 11) is 0. The molecular weight excluding hydrogens is 327 g/mol. The molecule has 3 fully saturated rings. The van der Waals surface area contributed by atoms with Crippen molar-refractivity contribution in [3.05, 3.63) is 11.6 Å². The Hall–Kier alpha value is -0.410. The molecule has 2 saturated heterocycles. The molecule has 3 aliphatic rings. The summed E-state index contributed by atoms with van der Waals surface area (Å²) in [4.78, 5) is 0. The van der Waals surface area contributed by atoms with Crippen LogP contribution in [-0.4, -0.2) is 31.1 Å². The minimum absolute atomic E-state index is 0.0610. The molecule has 26 heavy (non-hydrogen) atoms. The van der Waals surface area contributed by atoms with Crippen molar-refractivity contribution >= 4 is 0 Å². The van der Waals surface area contributed by atoms with Gasteiger partial charge in [0, 0.05) is 5.92 Å². The summed E-state index contributed by atoms with van der Waals surface area (Å²) in [5.74, 6) is 2.20. The van der Waals surface area contributed by atoms with Gasteiger partial charge in [-0.05, 0) is 64.2 Å². The van der Waals surface area contributed by atoms with Crippen LogP contribution in [0.3, 0.4) is 0 Å². The Balaban J connectivity index is 1.60. The number of epoxide rings is 1. The average Bonchev–Trinajstić information content (AvgIpc) is 3.19. The number of ether oxygens (including phenoxy) is 2. The van der Waals surface area contributed by atoms with Gasteiger partial charge in [-0.25, -0.2) is 4.39 Å². The quantitative estimate of drug-likeness (QED) is 0.326. The minimum atomic E-state index is -0.842. The third kappa shape index (κ3) is 4.70. The van der Waals surface area contributed by atoms with Crippen molar-refractivity contribution in [1.29, 1.82) is 0 Å². The van der Waals surface area contributed by atoms with Crippen LogP contribution in [0.25, 0.3) is 0 Å². The lowest BCUT2D eigenvalue weighted by Crippen LogP contribution is -2.38. The van der Waals surface area contributed by atoms with Gasteiger partial charge in [-0.1, -0.05) is 44.3 Å². The van der Waals surface area contributed by atoms with Crippen LogP contribution in [-0.2, 0) is 9.47 Å². The first-order chi connectivity index (χ1) is 12.4. The van der Waals surface area contributed by atoms with E-state index in [0.29, 0.717) is 11.8 Å². The van der Waals surface area contributed by atoms with E-state index in [0.717, 1.165) is 38.4 Å². The topological polar surface area (TPSA) is 21.8 Å². The fraction of sp³-hybridized carbons (Fsp3) is 0.913. The molecule has 0 aromatic rings. The lowest BCUT2D eigenvalue weighted by Gasteiger charge is -2.37. The first-order valence-corrected chi connectivity index (χ1v) is 11.0. The highest BCUT2D eigenvalue weighted by Crippen LogP contribution is 2.49. The van der Waals surface area contributed by atoms with Gasteiger partial charge >= 0.3 is 0 Å². The summed E-state index contributed by atoms with van der Waals surface area (Å²) in [6.07, 6.45) is 10.9. The molecule has 0 N–H and O–H groups in total. The second-order valence-electron chi connectivity index (χ2n) is 9.55. The molecule has 0 bridgehead atoms. The molecule has 3 rings (SSSR count). The van der Waals surface area contributed by atoms with E-state index in [1.54, 1.807) is 0 Å². The van der Waals surface area contributed by atoms with E-state index in [2.05, 4.69) is 26.8 Å². The van der Waals surface area contributed by atoms with Crippen LogP contribution < -0.4 is 0 Å². The van der Waals surface area contributed by atoms with Crippen molar-refractivity contribution in [2.45, 2.75) is 96.9 Å². The van der Waals surface area contributed by atoms with Crippen LogP contribution in [0.4, 0.5) is 4.39 Å². The van der Waals surface area contributed by atoms with E-state index in [9.17, 15) is 0 Å². The Morgan fingerprint density at radius 2 is 1.96 bits per heavy atom. The van der Waals surface area contributed by atoms with Gasteiger partial charge in [-0.3, -0.25) is 0 Å². The number of hydrogen-bond donors (Lipinski definition) is 0. The highest BCUT2D eigenvalue weighted by atomic mass is 19.1. The second kappa shape index (κ2) is 8.73. The van der Waals surface area contributed by atoms with Gasteiger partial charge in [0.1, 0.15) is 11.8 Å². The van der Waals surface area contributed by atoms with Crippen molar-refractivity contribution in [1.82, 2.24) is 0 Å². The number of alkyl halides is 1. The van der Waals surface area contributed by atoms with Gasteiger partial charge in [-0.15, -0.1) is 0 Å². The first kappa shape index (κ1) is 20.3. The molecule has 2 nitrogen and oxygen atoms in total. The number of halogens is 1. The van der Waals surface area contributed by atoms with Gasteiger partial charge < -0.3 is 9.47 Å². The predicted molar refractivity (Wildman–Crippen MR) is 105 cm³/mol. The highest BCUT2D eigenvalue weighted by Gasteiger charge is 2.60. The zero-order valence-electron chi connectivity index (χ0n) is 17.3. The highest BCUT2D eigenvalue weighted by molar-refractivity contribution is 5.11. The van der Waals surface area contributed by atoms with E-state index in [-0.39, 0.29) is 12.0 Å². The molecule has 0 aromatic carbocycles. The van der Waals surface area contributed by atoms with E-state index in [1.165, 1.54) is 37.7 Å². The molecule has 2 aliphatic heterocycles. The molecule has 1 saturated carbocycles. The molecule has 0 aromatic heterocycles. The molecule has 1 aliphatic carbocycles. The lowest BCUT2D eigenvalue weighted by atomic mass is 9.70. The summed E-state index contributed by atoms with van der Waals surface area (Å²) in [6.45, 7) is 10.2. The Bertz CT molecular complexity index is 479. The van der Waals surface area contributed by atoms with Crippen LogP contribution in [0.5, 0.6) is 0 Å². The van der Waals surface area contributed by atoms with Crippen LogP contribution in [0.15, 0.2) is 11.6 Å². The third-order valence-corrected chi connectivity index (χ3v) is 7.23. The molecule has 0 amide bonds. The van der Waals surface area contributed by atoms with E-state index in [1.807, 2.05) is 6.92 Å². The Kier molecular flexibility index (Phi) is 6.83. The van der Waals surface area contributed by atoms with Gasteiger partial charge in [0.25, 0.3) is 0 Å². The second-order valence-corrected chi connectivity index (χ2v) is 9.55. The SMILES string of the molecule is CCC(C(CCC1COC1)CC1CCC1)C(F)[C@@]1(C)O[C@@H]1CC=C(C)C. The monoisotopic (exact) mass is 366 g/mol. The maximum atomic E-state index is 15.7. The van der Waals surface area contributed by atoms with Crippen LogP contribution in [0, 0.1) is 23.7 Å². The summed E-state index contributed by atoms with van der Waals surface area (Å²) < 4.78 is 26.9. The van der Waals surface area contributed by atoms with Crippen LogP contribution in [0.1, 0.15) is 79.1 Å². The Morgan fingerprint density at radius 1 is 1.23 bits per heavy atom. The molecule has 2 heterocycles. The van der Waals surface area contributed by atoms with E-state index < -0.39 is 11.8 Å². The molecule has 3 unspecified atom stereocenters. The van der Waals surface area contributed by atoms with Crippen molar-refractivity contribution < 1.29 is 13.9 Å². The third-order valence-electron chi connectivity index (χ3n) is 7.23. The normalized spacial score (nSPS) is 32.3. The summed E-state index contributed by atoms with van der Waals surface area (Å²) >= 11 is 0. The zero-order chi connectivity index (χ0) is 18.7. The number of rotatable bonds is 11. The van der Waals surface area contributed by atoms with E-state index in [4.69, 9.17) is 9.47 Å². The first-order valence-electron chi connectivity index (χ1n) is 11.0. The van der Waals surface area contributed by atoms with Gasteiger partial charge in [-0.2, -0.15) is 0 Å². The molecule has 0 spiro atoms. The fourth-order valence-corrected chi connectivity index (χ4v) is 4.91. The maximum absolute atomic E-state index is 15.7. The van der Waals surface area contributed by atoms with Crippen LogP contribution in [0.2, 0.25) is 0 Å². The molecule has 5 atom stereocenters. The van der Waals surface area contributed by atoms with Gasteiger partial charge in [0.2, 0.25) is 0 Å². The molecule has 0 radical (unpaired) electrons. The van der Waals surface area contributed by atoms with Crippen LogP contribution >= 0.6 is 0 Å². The van der Waals surface area contributed by atoms with Gasteiger partial charge in [0.15, 0.2) is 0 Å². The van der Waals surface area contributed by atoms with Crippen molar-refractivity contribution in [3.8, 4) is 0 Å². The average molecular weight is 367 g/mol. The Labute approximate surface area is 159 Å². The van der Waals surface area contributed by atoms with Crippen molar-refractivity contribution in [2.24, 2.45) is 23.7 Å². The molecule has 3 heteroatoms. The Morgan fingerprint density at radius 3 is 2.46 bits per heavy atom. The molecular formula is C23H39FO2. The summed E-state index contributed by atoms with van der Waals surface area (Å²) in [5.41, 5.74) is 0.722. The summed E-state index contributed by atoms with van der Waals surface area (Å²) in [6, 6.07) is 0. The molecule has 150 valence electrons. The van der Waals surface area contributed by atoms with Gasteiger partial charge in [0.05, 0.1) is 19.3 Å². The van der Waals surface area contributed by atoms with Crippen molar-refractivity contribution in [2.75, 3.05) is 13.2 Å². The lowest BCUT2D eigenvalue weighted by molar-refractivity contribution is -0.0416. The largest absolute Gasteiger partial charge is 0.381 e. The number of hydrogen-bond acceptors (Lipinski definition) is 2. The zero-order valence-corrected chi connectivity index (χ0v) is 17.3. The maximum Gasteiger partial charge on any atom is 0.134 e. The van der Waals surface area contributed by atoms with Crippen molar-refractivity contribution in [3.63, 3.8) is 0 Å². The fourth-order valence-electron chi connectivity index (χ4n) is 4.91. The summed E-state index contributed by atoms with van der Waals surface area (Å²) in [5, 5.41) is 0. The number of allylic oxidation sites excluding steroid dienone is 1. The smallest absolute Gasteiger partial charge is 0.134 e. The standard InChI is InChI=1S/C23H39FO2/c1-5-20(22(24)23(4)21(26-23)12-9-16(2)3)19(13-17-7-6-8-17)11-10-18-14-25-15-18/h9,17-22H,5-8,10-15H2,1-4H3/t19?,20?,21-,22?,23+/m1/s1.